The third-order valence-corrected chi connectivity index (χ3v) is 2.83. The van der Waals surface area contributed by atoms with E-state index in [2.05, 4.69) is 17.1 Å². The maximum Gasteiger partial charge on any atom is 0.137 e. The first kappa shape index (κ1) is 11.8. The van der Waals surface area contributed by atoms with Crippen molar-refractivity contribution in [3.63, 3.8) is 0 Å². The lowest BCUT2D eigenvalue weighted by Gasteiger charge is -2.09. The number of methoxy groups -OCH3 is 1. The predicted octanol–water partition coefficient (Wildman–Crippen LogP) is 2.23. The number of para-hydroxylation sites is 1. The van der Waals surface area contributed by atoms with Crippen molar-refractivity contribution in [2.45, 2.75) is 25.9 Å². The zero-order valence-electron chi connectivity index (χ0n) is 10.2. The molecule has 1 atom stereocenters. The molecule has 1 aromatic heterocycles. The summed E-state index contributed by atoms with van der Waals surface area (Å²) in [5.74, 6) is 0.972. The van der Waals surface area contributed by atoms with E-state index in [0.29, 0.717) is 0 Å². The summed E-state index contributed by atoms with van der Waals surface area (Å²) in [5, 5.41) is 8.13. The van der Waals surface area contributed by atoms with Gasteiger partial charge in [0, 0.05) is 19.2 Å². The van der Waals surface area contributed by atoms with Crippen LogP contribution >= 0.6 is 0 Å². The van der Waals surface area contributed by atoms with Crippen molar-refractivity contribution in [3.05, 3.63) is 42.5 Å². The van der Waals surface area contributed by atoms with Crippen LogP contribution in [0.4, 0.5) is 0 Å². The second-order valence-corrected chi connectivity index (χ2v) is 4.04. The monoisotopic (exact) mass is 231 g/mol. The van der Waals surface area contributed by atoms with Crippen LogP contribution < -0.4 is 0 Å². The first-order valence-corrected chi connectivity index (χ1v) is 5.78. The Morgan fingerprint density at radius 3 is 2.76 bits per heavy atom. The minimum atomic E-state index is 0.246. The van der Waals surface area contributed by atoms with E-state index in [4.69, 9.17) is 4.74 Å². The molecule has 2 aromatic rings. The maximum absolute atomic E-state index is 5.24. The fourth-order valence-electron chi connectivity index (χ4n) is 1.68. The SMILES string of the molecule is COC(C)CCc1nncn1-c1ccccc1. The maximum atomic E-state index is 5.24. The Bertz CT molecular complexity index is 453. The molecule has 2 rings (SSSR count). The van der Waals surface area contributed by atoms with E-state index in [1.165, 1.54) is 0 Å². The minimum absolute atomic E-state index is 0.246. The van der Waals surface area contributed by atoms with Gasteiger partial charge >= 0.3 is 0 Å². The van der Waals surface area contributed by atoms with Gasteiger partial charge in [0.05, 0.1) is 6.10 Å². The summed E-state index contributed by atoms with van der Waals surface area (Å²) in [7, 11) is 1.73. The molecule has 0 saturated carbocycles. The van der Waals surface area contributed by atoms with Crippen molar-refractivity contribution in [1.29, 1.82) is 0 Å². The van der Waals surface area contributed by atoms with Crippen LogP contribution in [0.25, 0.3) is 5.69 Å². The third-order valence-electron chi connectivity index (χ3n) is 2.83. The molecule has 0 bridgehead atoms. The molecule has 1 unspecified atom stereocenters. The summed E-state index contributed by atoms with van der Waals surface area (Å²) >= 11 is 0. The lowest BCUT2D eigenvalue weighted by Crippen LogP contribution is -2.09. The zero-order chi connectivity index (χ0) is 12.1. The highest BCUT2D eigenvalue weighted by Gasteiger charge is 2.08. The molecule has 0 fully saturated rings. The van der Waals surface area contributed by atoms with Crippen LogP contribution in [0.1, 0.15) is 19.2 Å². The van der Waals surface area contributed by atoms with Gasteiger partial charge in [-0.3, -0.25) is 4.57 Å². The Morgan fingerprint density at radius 1 is 1.29 bits per heavy atom. The molecule has 0 spiro atoms. The van der Waals surface area contributed by atoms with Crippen LogP contribution in [0.15, 0.2) is 36.7 Å². The highest BCUT2D eigenvalue weighted by molar-refractivity contribution is 5.31. The Kier molecular flexibility index (Phi) is 3.88. The molecule has 0 amide bonds. The summed E-state index contributed by atoms with van der Waals surface area (Å²) in [4.78, 5) is 0. The summed E-state index contributed by atoms with van der Waals surface area (Å²) in [6, 6.07) is 10.1. The van der Waals surface area contributed by atoms with E-state index < -0.39 is 0 Å². The fourth-order valence-corrected chi connectivity index (χ4v) is 1.68. The van der Waals surface area contributed by atoms with Crippen molar-refractivity contribution in [2.24, 2.45) is 0 Å². The van der Waals surface area contributed by atoms with Crippen LogP contribution in [0.2, 0.25) is 0 Å². The predicted molar refractivity (Wildman–Crippen MR) is 66.2 cm³/mol. The summed E-state index contributed by atoms with van der Waals surface area (Å²) < 4.78 is 7.25. The Labute approximate surface area is 101 Å². The number of rotatable bonds is 5. The van der Waals surface area contributed by atoms with Crippen LogP contribution in [0.5, 0.6) is 0 Å². The smallest absolute Gasteiger partial charge is 0.137 e. The minimum Gasteiger partial charge on any atom is -0.382 e. The summed E-state index contributed by atoms with van der Waals surface area (Å²) in [5.41, 5.74) is 1.09. The van der Waals surface area contributed by atoms with Crippen LogP contribution in [-0.4, -0.2) is 28.0 Å². The van der Waals surface area contributed by atoms with E-state index in [-0.39, 0.29) is 6.10 Å². The standard InChI is InChI=1S/C13H17N3O/c1-11(17-2)8-9-13-15-14-10-16(13)12-6-4-3-5-7-12/h3-7,10-11H,8-9H2,1-2H3. The molecule has 0 saturated heterocycles. The highest BCUT2D eigenvalue weighted by Crippen LogP contribution is 2.11. The van der Waals surface area contributed by atoms with Crippen molar-refractivity contribution < 1.29 is 4.74 Å². The van der Waals surface area contributed by atoms with Crippen molar-refractivity contribution >= 4 is 0 Å². The number of aryl methyl sites for hydroxylation is 1. The number of aromatic nitrogens is 3. The average molecular weight is 231 g/mol. The van der Waals surface area contributed by atoms with Gasteiger partial charge in [-0.15, -0.1) is 10.2 Å². The molecule has 4 heteroatoms. The van der Waals surface area contributed by atoms with Gasteiger partial charge < -0.3 is 4.74 Å². The molecule has 0 aliphatic rings. The van der Waals surface area contributed by atoms with Gasteiger partial charge in [0.1, 0.15) is 12.2 Å². The van der Waals surface area contributed by atoms with E-state index in [9.17, 15) is 0 Å². The van der Waals surface area contributed by atoms with Gasteiger partial charge in [-0.2, -0.15) is 0 Å². The highest BCUT2D eigenvalue weighted by atomic mass is 16.5. The van der Waals surface area contributed by atoms with E-state index in [1.54, 1.807) is 13.4 Å². The normalized spacial score (nSPS) is 12.6. The Balaban J connectivity index is 2.12. The molecule has 17 heavy (non-hydrogen) atoms. The Morgan fingerprint density at radius 2 is 2.06 bits per heavy atom. The molecule has 4 nitrogen and oxygen atoms in total. The summed E-state index contributed by atoms with van der Waals surface area (Å²) in [6.07, 6.45) is 3.81. The second-order valence-electron chi connectivity index (χ2n) is 4.04. The first-order chi connectivity index (χ1) is 8.31. The van der Waals surface area contributed by atoms with Crippen molar-refractivity contribution in [2.75, 3.05) is 7.11 Å². The fraction of sp³-hybridized carbons (Fsp3) is 0.385. The van der Waals surface area contributed by atoms with Crippen LogP contribution in [-0.2, 0) is 11.2 Å². The molecule has 90 valence electrons. The summed E-state index contributed by atoms with van der Waals surface area (Å²) in [6.45, 7) is 2.06. The number of hydrogen-bond donors (Lipinski definition) is 0. The number of hydrogen-bond acceptors (Lipinski definition) is 3. The molecule has 0 aliphatic carbocycles. The second kappa shape index (κ2) is 5.59. The quantitative estimate of drug-likeness (QED) is 0.792. The van der Waals surface area contributed by atoms with Gasteiger partial charge in [-0.05, 0) is 25.5 Å². The number of benzene rings is 1. The first-order valence-electron chi connectivity index (χ1n) is 5.78. The van der Waals surface area contributed by atoms with Gasteiger partial charge in [-0.25, -0.2) is 0 Å². The van der Waals surface area contributed by atoms with Gasteiger partial charge in [0.15, 0.2) is 0 Å². The largest absolute Gasteiger partial charge is 0.382 e. The van der Waals surface area contributed by atoms with Crippen LogP contribution in [0, 0.1) is 0 Å². The number of ether oxygens (including phenoxy) is 1. The van der Waals surface area contributed by atoms with Crippen molar-refractivity contribution in [1.82, 2.24) is 14.8 Å². The van der Waals surface area contributed by atoms with Gasteiger partial charge in [0.2, 0.25) is 0 Å². The molecular formula is C13H17N3O. The molecule has 1 aromatic carbocycles. The van der Waals surface area contributed by atoms with E-state index in [0.717, 1.165) is 24.4 Å². The zero-order valence-corrected chi connectivity index (χ0v) is 10.2. The molecular weight excluding hydrogens is 214 g/mol. The Hall–Kier alpha value is -1.68. The molecule has 0 radical (unpaired) electrons. The number of nitrogens with zero attached hydrogens (tertiary/aromatic N) is 3. The van der Waals surface area contributed by atoms with Crippen molar-refractivity contribution in [3.8, 4) is 5.69 Å². The lowest BCUT2D eigenvalue weighted by molar-refractivity contribution is 0.110. The van der Waals surface area contributed by atoms with E-state index >= 15 is 0 Å². The lowest BCUT2D eigenvalue weighted by atomic mass is 10.2. The molecule has 0 aliphatic heterocycles. The third kappa shape index (κ3) is 2.91. The van der Waals surface area contributed by atoms with Gasteiger partial charge in [-0.1, -0.05) is 18.2 Å². The average Bonchev–Trinajstić information content (AvgIpc) is 2.85. The van der Waals surface area contributed by atoms with Crippen LogP contribution in [0.3, 0.4) is 0 Å². The topological polar surface area (TPSA) is 39.9 Å². The van der Waals surface area contributed by atoms with Gasteiger partial charge in [0.25, 0.3) is 0 Å². The molecule has 0 N–H and O–H groups in total. The molecule has 1 heterocycles. The van der Waals surface area contributed by atoms with E-state index in [1.807, 2.05) is 34.9 Å².